The molecule has 0 fully saturated rings. The Hall–Kier alpha value is -2.57. The van der Waals surface area contributed by atoms with Crippen LogP contribution in [0.15, 0.2) is 36.4 Å². The number of urea groups is 1. The summed E-state index contributed by atoms with van der Waals surface area (Å²) in [4.78, 5) is 16.0. The van der Waals surface area contributed by atoms with Crippen molar-refractivity contribution >= 4 is 11.7 Å². The lowest BCUT2D eigenvalue weighted by Gasteiger charge is -2.11. The summed E-state index contributed by atoms with van der Waals surface area (Å²) in [6.45, 7) is 3.59. The predicted octanol–water partition coefficient (Wildman–Crippen LogP) is 4.04. The quantitative estimate of drug-likeness (QED) is 0.896. The molecular formula is C16H16F3N3O. The maximum Gasteiger partial charge on any atom is 0.416 e. The van der Waals surface area contributed by atoms with Crippen molar-refractivity contribution in [3.05, 3.63) is 58.9 Å². The minimum atomic E-state index is -4.40. The number of amides is 2. The molecule has 1 aromatic heterocycles. The molecule has 0 unspecified atom stereocenters. The summed E-state index contributed by atoms with van der Waals surface area (Å²) >= 11 is 0. The Labute approximate surface area is 131 Å². The Morgan fingerprint density at radius 2 is 1.91 bits per heavy atom. The number of alkyl halides is 3. The number of nitrogens with zero attached hydrogens (tertiary/aromatic N) is 1. The molecule has 4 nitrogen and oxygen atoms in total. The van der Waals surface area contributed by atoms with Gasteiger partial charge in [-0.15, -0.1) is 0 Å². The number of carbonyl (C=O) groups excluding carboxylic acids is 1. The second-order valence-corrected chi connectivity index (χ2v) is 5.09. The zero-order valence-corrected chi connectivity index (χ0v) is 12.7. The Balaban J connectivity index is 1.97. The fraction of sp³-hybridized carbons (Fsp3) is 0.250. The highest BCUT2D eigenvalue weighted by Gasteiger charge is 2.30. The van der Waals surface area contributed by atoms with Crippen LogP contribution in [0.25, 0.3) is 0 Å². The van der Waals surface area contributed by atoms with Crippen LogP contribution in [-0.2, 0) is 12.7 Å². The molecule has 0 aliphatic carbocycles. The Morgan fingerprint density at radius 1 is 1.17 bits per heavy atom. The van der Waals surface area contributed by atoms with Crippen molar-refractivity contribution in [2.75, 3.05) is 5.32 Å². The normalized spacial score (nSPS) is 11.2. The lowest BCUT2D eigenvalue weighted by atomic mass is 10.1. The zero-order valence-electron chi connectivity index (χ0n) is 12.7. The molecule has 2 amide bonds. The van der Waals surface area contributed by atoms with Gasteiger partial charge < -0.3 is 10.6 Å². The number of carbonyl (C=O) groups is 1. The summed E-state index contributed by atoms with van der Waals surface area (Å²) < 4.78 is 37.9. The Bertz CT molecular complexity index is 714. The first kappa shape index (κ1) is 16.8. The summed E-state index contributed by atoms with van der Waals surface area (Å²) in [6, 6.07) is 7.82. The second kappa shape index (κ2) is 6.68. The molecular weight excluding hydrogens is 307 g/mol. The van der Waals surface area contributed by atoms with Gasteiger partial charge in [0.1, 0.15) is 0 Å². The van der Waals surface area contributed by atoms with Crippen molar-refractivity contribution in [3.63, 3.8) is 0 Å². The minimum absolute atomic E-state index is 0.00586. The molecule has 2 aromatic rings. The van der Waals surface area contributed by atoms with Crippen LogP contribution < -0.4 is 10.6 Å². The van der Waals surface area contributed by atoms with Gasteiger partial charge in [-0.1, -0.05) is 12.1 Å². The number of nitrogens with one attached hydrogen (secondary N) is 2. The van der Waals surface area contributed by atoms with Gasteiger partial charge in [0.25, 0.3) is 0 Å². The topological polar surface area (TPSA) is 54.0 Å². The van der Waals surface area contributed by atoms with Gasteiger partial charge in [-0.2, -0.15) is 13.2 Å². The van der Waals surface area contributed by atoms with Crippen molar-refractivity contribution in [2.24, 2.45) is 0 Å². The van der Waals surface area contributed by atoms with E-state index in [9.17, 15) is 18.0 Å². The first-order valence-electron chi connectivity index (χ1n) is 6.91. The van der Waals surface area contributed by atoms with Crippen LogP contribution in [0.3, 0.4) is 0 Å². The van der Waals surface area contributed by atoms with E-state index in [0.717, 1.165) is 17.8 Å². The molecule has 2 N–H and O–H groups in total. The SMILES string of the molecule is Cc1ccc(NC(=O)NCc2cccc(C(F)(F)F)c2)c(C)n1. The van der Waals surface area contributed by atoms with Crippen molar-refractivity contribution in [3.8, 4) is 0 Å². The van der Waals surface area contributed by atoms with Crippen LogP contribution in [0.1, 0.15) is 22.5 Å². The predicted molar refractivity (Wildman–Crippen MR) is 81.0 cm³/mol. The number of halogens is 3. The molecule has 0 aliphatic heterocycles. The molecule has 0 aliphatic rings. The van der Waals surface area contributed by atoms with E-state index < -0.39 is 17.8 Å². The smallest absolute Gasteiger partial charge is 0.334 e. The van der Waals surface area contributed by atoms with Crippen molar-refractivity contribution in [2.45, 2.75) is 26.6 Å². The largest absolute Gasteiger partial charge is 0.416 e. The molecule has 0 bridgehead atoms. The fourth-order valence-electron chi connectivity index (χ4n) is 2.03. The summed E-state index contributed by atoms with van der Waals surface area (Å²) in [7, 11) is 0. The number of aryl methyl sites for hydroxylation is 2. The van der Waals surface area contributed by atoms with Gasteiger partial charge in [-0.3, -0.25) is 4.98 Å². The van der Waals surface area contributed by atoms with E-state index in [1.165, 1.54) is 12.1 Å². The van der Waals surface area contributed by atoms with E-state index in [2.05, 4.69) is 15.6 Å². The molecule has 0 saturated carbocycles. The molecule has 0 saturated heterocycles. The van der Waals surface area contributed by atoms with Crippen LogP contribution in [0.4, 0.5) is 23.7 Å². The first-order valence-corrected chi connectivity index (χ1v) is 6.91. The molecule has 23 heavy (non-hydrogen) atoms. The van der Waals surface area contributed by atoms with E-state index in [0.29, 0.717) is 16.9 Å². The highest BCUT2D eigenvalue weighted by atomic mass is 19.4. The maximum absolute atomic E-state index is 12.6. The average molecular weight is 323 g/mol. The highest BCUT2D eigenvalue weighted by molar-refractivity contribution is 5.89. The third-order valence-electron chi connectivity index (χ3n) is 3.18. The average Bonchev–Trinajstić information content (AvgIpc) is 2.47. The first-order chi connectivity index (χ1) is 10.8. The number of aromatic nitrogens is 1. The van der Waals surface area contributed by atoms with E-state index in [4.69, 9.17) is 0 Å². The Morgan fingerprint density at radius 3 is 2.57 bits per heavy atom. The molecule has 1 heterocycles. The van der Waals surface area contributed by atoms with Gasteiger partial charge >= 0.3 is 12.2 Å². The van der Waals surface area contributed by atoms with Gasteiger partial charge in [0.2, 0.25) is 0 Å². The van der Waals surface area contributed by atoms with Crippen LogP contribution >= 0.6 is 0 Å². The number of benzene rings is 1. The van der Waals surface area contributed by atoms with E-state index in [1.807, 2.05) is 6.92 Å². The maximum atomic E-state index is 12.6. The van der Waals surface area contributed by atoms with Crippen LogP contribution in [0, 0.1) is 13.8 Å². The third kappa shape index (κ3) is 4.70. The minimum Gasteiger partial charge on any atom is -0.334 e. The van der Waals surface area contributed by atoms with Crippen molar-refractivity contribution < 1.29 is 18.0 Å². The van der Waals surface area contributed by atoms with E-state index >= 15 is 0 Å². The Kier molecular flexibility index (Phi) is 4.88. The number of rotatable bonds is 3. The molecule has 0 atom stereocenters. The molecule has 7 heteroatoms. The molecule has 0 spiro atoms. The van der Waals surface area contributed by atoms with Crippen molar-refractivity contribution in [1.29, 1.82) is 0 Å². The standard InChI is InChI=1S/C16H16F3N3O/c1-10-6-7-14(11(2)21-10)22-15(23)20-9-12-4-3-5-13(8-12)16(17,18)19/h3-8H,9H2,1-2H3,(H2,20,22,23). The van der Waals surface area contributed by atoms with Crippen LogP contribution in [0.2, 0.25) is 0 Å². The number of anilines is 1. The lowest BCUT2D eigenvalue weighted by molar-refractivity contribution is -0.137. The van der Waals surface area contributed by atoms with E-state index in [1.54, 1.807) is 19.1 Å². The van der Waals surface area contributed by atoms with Gasteiger partial charge in [0, 0.05) is 12.2 Å². The fourth-order valence-corrected chi connectivity index (χ4v) is 2.03. The number of pyridine rings is 1. The van der Waals surface area contributed by atoms with Crippen molar-refractivity contribution in [1.82, 2.24) is 10.3 Å². The number of hydrogen-bond donors (Lipinski definition) is 2. The summed E-state index contributed by atoms with van der Waals surface area (Å²) in [5.74, 6) is 0. The summed E-state index contributed by atoms with van der Waals surface area (Å²) in [5.41, 5.74) is 1.68. The molecule has 0 radical (unpaired) electrons. The highest BCUT2D eigenvalue weighted by Crippen LogP contribution is 2.29. The molecule has 122 valence electrons. The summed E-state index contributed by atoms with van der Waals surface area (Å²) in [5, 5.41) is 5.14. The van der Waals surface area contributed by atoms with Gasteiger partial charge in [-0.05, 0) is 43.7 Å². The third-order valence-corrected chi connectivity index (χ3v) is 3.18. The van der Waals surface area contributed by atoms with Crippen LogP contribution in [0.5, 0.6) is 0 Å². The zero-order chi connectivity index (χ0) is 17.0. The monoisotopic (exact) mass is 323 g/mol. The lowest BCUT2D eigenvalue weighted by Crippen LogP contribution is -2.28. The second-order valence-electron chi connectivity index (χ2n) is 5.09. The number of hydrogen-bond acceptors (Lipinski definition) is 2. The van der Waals surface area contributed by atoms with Gasteiger partial charge in [0.05, 0.1) is 16.9 Å². The van der Waals surface area contributed by atoms with Crippen LogP contribution in [-0.4, -0.2) is 11.0 Å². The molecule has 1 aromatic carbocycles. The molecule has 2 rings (SSSR count). The van der Waals surface area contributed by atoms with Gasteiger partial charge in [0.15, 0.2) is 0 Å². The van der Waals surface area contributed by atoms with E-state index in [-0.39, 0.29) is 6.54 Å². The summed E-state index contributed by atoms with van der Waals surface area (Å²) in [6.07, 6.45) is -4.40. The van der Waals surface area contributed by atoms with Gasteiger partial charge in [-0.25, -0.2) is 4.79 Å².